The molecule has 0 aromatic carbocycles. The fourth-order valence-electron chi connectivity index (χ4n) is 2.89. The van der Waals surface area contributed by atoms with E-state index >= 15 is 0 Å². The van der Waals surface area contributed by atoms with Crippen molar-refractivity contribution in [1.82, 2.24) is 4.90 Å². The van der Waals surface area contributed by atoms with Crippen molar-refractivity contribution in [2.45, 2.75) is 43.4 Å². The highest BCUT2D eigenvalue weighted by Gasteiger charge is 2.51. The number of aliphatic hydroxyl groups excluding tert-OH is 1. The molecule has 23 heavy (non-hydrogen) atoms. The summed E-state index contributed by atoms with van der Waals surface area (Å²) in [5.41, 5.74) is 9.97. The lowest BCUT2D eigenvalue weighted by Gasteiger charge is -2.28. The number of carbonyl (C=O) groups is 2. The molecule has 0 amide bonds. The molecule has 1 heterocycles. The molecular formula is C12H24BN3O7. The third-order valence-electron chi connectivity index (χ3n) is 4.23. The maximum absolute atomic E-state index is 11.5. The maximum Gasteiger partial charge on any atom is 0.451 e. The molecule has 10 nitrogen and oxygen atoms in total. The molecule has 0 aromatic heterocycles. The number of nitrogens with zero attached hydrogens (tertiary/aromatic N) is 1. The third kappa shape index (κ3) is 5.13. The van der Waals surface area contributed by atoms with E-state index in [1.54, 1.807) is 0 Å². The van der Waals surface area contributed by atoms with Crippen LogP contribution < -0.4 is 11.5 Å². The minimum Gasteiger partial charge on any atom is -0.481 e. The first-order chi connectivity index (χ1) is 10.6. The van der Waals surface area contributed by atoms with Gasteiger partial charge in [0.25, 0.3) is 0 Å². The van der Waals surface area contributed by atoms with Gasteiger partial charge in [0.1, 0.15) is 11.8 Å². The Morgan fingerprint density at radius 1 is 1.35 bits per heavy atom. The lowest BCUT2D eigenvalue weighted by Crippen LogP contribution is -2.56. The Morgan fingerprint density at radius 2 is 1.96 bits per heavy atom. The summed E-state index contributed by atoms with van der Waals surface area (Å²) in [7, 11) is -1.47. The van der Waals surface area contributed by atoms with Crippen LogP contribution in [-0.2, 0) is 9.59 Å². The molecule has 0 aliphatic carbocycles. The number of aliphatic hydroxyl groups is 1. The van der Waals surface area contributed by atoms with Crippen molar-refractivity contribution >= 4 is 19.1 Å². The molecule has 9 N–H and O–H groups in total. The van der Waals surface area contributed by atoms with E-state index in [4.69, 9.17) is 26.6 Å². The number of aliphatic carboxylic acids is 2. The summed E-state index contributed by atoms with van der Waals surface area (Å²) < 4.78 is 0. The number of hydrogen-bond donors (Lipinski definition) is 7. The van der Waals surface area contributed by atoms with Crippen molar-refractivity contribution in [3.05, 3.63) is 0 Å². The molecule has 1 saturated heterocycles. The Bertz CT molecular complexity index is 439. The maximum atomic E-state index is 11.5. The Kier molecular flexibility index (Phi) is 6.92. The van der Waals surface area contributed by atoms with E-state index in [2.05, 4.69) is 0 Å². The first-order valence-electron chi connectivity index (χ1n) is 7.35. The van der Waals surface area contributed by atoms with Gasteiger partial charge in [-0.3, -0.25) is 14.5 Å². The zero-order chi connectivity index (χ0) is 17.8. The summed E-state index contributed by atoms with van der Waals surface area (Å²) in [4.78, 5) is 23.5. The zero-order valence-electron chi connectivity index (χ0n) is 12.7. The van der Waals surface area contributed by atoms with Gasteiger partial charge in [0.2, 0.25) is 0 Å². The van der Waals surface area contributed by atoms with Gasteiger partial charge in [-0.15, -0.1) is 0 Å². The second kappa shape index (κ2) is 8.04. The second-order valence-electron chi connectivity index (χ2n) is 6.06. The smallest absolute Gasteiger partial charge is 0.451 e. The molecule has 11 heteroatoms. The van der Waals surface area contributed by atoms with Gasteiger partial charge in [-0.05, 0) is 12.7 Å². The van der Waals surface area contributed by atoms with Crippen LogP contribution in [0.3, 0.4) is 0 Å². The number of carboxylic acid groups (broad SMARTS) is 2. The lowest BCUT2D eigenvalue weighted by molar-refractivity contribution is -0.145. The van der Waals surface area contributed by atoms with Gasteiger partial charge in [0, 0.05) is 19.0 Å². The van der Waals surface area contributed by atoms with Crippen molar-refractivity contribution in [3.63, 3.8) is 0 Å². The Balaban J connectivity index is 2.75. The number of likely N-dealkylation sites (tertiary alicyclic amines) is 1. The monoisotopic (exact) mass is 333 g/mol. The highest BCUT2D eigenvalue weighted by atomic mass is 16.4. The molecule has 132 valence electrons. The average Bonchev–Trinajstić information content (AvgIpc) is 2.75. The van der Waals surface area contributed by atoms with Gasteiger partial charge in [-0.1, -0.05) is 6.42 Å². The van der Waals surface area contributed by atoms with Crippen LogP contribution in [0.5, 0.6) is 0 Å². The average molecular weight is 333 g/mol. The van der Waals surface area contributed by atoms with Crippen LogP contribution in [0.4, 0.5) is 0 Å². The highest BCUT2D eigenvalue weighted by Crippen LogP contribution is 2.31. The Hall–Kier alpha value is -1.24. The number of hydrogen-bond acceptors (Lipinski definition) is 8. The van der Waals surface area contributed by atoms with E-state index in [-0.39, 0.29) is 19.4 Å². The minimum absolute atomic E-state index is 0.0906. The molecule has 1 aliphatic rings. The van der Waals surface area contributed by atoms with Crippen molar-refractivity contribution in [1.29, 1.82) is 0 Å². The van der Waals surface area contributed by atoms with Crippen LogP contribution in [0.2, 0.25) is 6.32 Å². The molecule has 0 saturated carbocycles. The molecule has 0 bridgehead atoms. The molecule has 2 unspecified atom stereocenters. The molecule has 1 rings (SSSR count). The molecule has 0 aromatic rings. The SMILES string of the molecule is N[C@@H](CC(=O)O)C(O)N1CC(CCCB(O)O)[C@](N)(C(=O)O)C1. The summed E-state index contributed by atoms with van der Waals surface area (Å²) in [5, 5.41) is 45.9. The van der Waals surface area contributed by atoms with Gasteiger partial charge in [0.15, 0.2) is 0 Å². The summed E-state index contributed by atoms with van der Waals surface area (Å²) in [6.07, 6.45) is -0.990. The Morgan fingerprint density at radius 3 is 2.43 bits per heavy atom. The van der Waals surface area contributed by atoms with Gasteiger partial charge in [-0.25, -0.2) is 0 Å². The van der Waals surface area contributed by atoms with Crippen LogP contribution in [0.25, 0.3) is 0 Å². The van der Waals surface area contributed by atoms with Crippen LogP contribution in [0.1, 0.15) is 19.3 Å². The summed E-state index contributed by atoms with van der Waals surface area (Å²) >= 11 is 0. The fraction of sp³-hybridized carbons (Fsp3) is 0.833. The van der Waals surface area contributed by atoms with E-state index < -0.39 is 49.2 Å². The molecule has 4 atom stereocenters. The van der Waals surface area contributed by atoms with E-state index in [0.29, 0.717) is 12.8 Å². The number of nitrogens with two attached hydrogens (primary N) is 2. The van der Waals surface area contributed by atoms with E-state index in [1.807, 2.05) is 0 Å². The van der Waals surface area contributed by atoms with Crippen LogP contribution in [0, 0.1) is 5.92 Å². The van der Waals surface area contributed by atoms with Crippen LogP contribution >= 0.6 is 0 Å². The van der Waals surface area contributed by atoms with Gasteiger partial charge >= 0.3 is 19.1 Å². The Labute approximate surface area is 133 Å². The van der Waals surface area contributed by atoms with Crippen molar-refractivity contribution in [2.75, 3.05) is 13.1 Å². The second-order valence-corrected chi connectivity index (χ2v) is 6.06. The van der Waals surface area contributed by atoms with Crippen molar-refractivity contribution in [2.24, 2.45) is 17.4 Å². The zero-order valence-corrected chi connectivity index (χ0v) is 12.7. The number of rotatable bonds is 9. The topological polar surface area (TPSA) is 191 Å². The van der Waals surface area contributed by atoms with E-state index in [0.717, 1.165) is 0 Å². The summed E-state index contributed by atoms with van der Waals surface area (Å²) in [6.45, 7) is -0.0258. The van der Waals surface area contributed by atoms with Crippen molar-refractivity contribution < 1.29 is 35.0 Å². The first kappa shape index (κ1) is 19.8. The fourth-order valence-corrected chi connectivity index (χ4v) is 2.89. The van der Waals surface area contributed by atoms with E-state index in [9.17, 15) is 19.8 Å². The number of carboxylic acids is 2. The first-order valence-corrected chi connectivity index (χ1v) is 7.35. The predicted octanol–water partition coefficient (Wildman–Crippen LogP) is -2.93. The molecule has 0 spiro atoms. The minimum atomic E-state index is -1.61. The predicted molar refractivity (Wildman–Crippen MR) is 80.1 cm³/mol. The third-order valence-corrected chi connectivity index (χ3v) is 4.23. The molecule has 0 radical (unpaired) electrons. The normalized spacial score (nSPS) is 27.6. The van der Waals surface area contributed by atoms with E-state index in [1.165, 1.54) is 4.90 Å². The van der Waals surface area contributed by atoms with Gasteiger partial charge in [0.05, 0.1) is 12.5 Å². The van der Waals surface area contributed by atoms with Crippen LogP contribution in [-0.4, -0.2) is 80.2 Å². The quantitative estimate of drug-likeness (QED) is 0.215. The summed E-state index contributed by atoms with van der Waals surface area (Å²) in [6, 6.07) is -1.07. The van der Waals surface area contributed by atoms with Crippen molar-refractivity contribution in [3.8, 4) is 0 Å². The largest absolute Gasteiger partial charge is 0.481 e. The molecule has 1 fully saturated rings. The molecular weight excluding hydrogens is 309 g/mol. The highest BCUT2D eigenvalue weighted by molar-refractivity contribution is 6.40. The molecule has 1 aliphatic heterocycles. The standard InChI is InChI=1S/C12H24BN3O7/c14-8(4-9(17)18)10(19)16-5-7(2-1-3-13(22)23)12(15,6-16)11(20)21/h7-8,10,19,22-23H,1-6,14-15H2,(H,17,18)(H,20,21)/t7?,8-,10?,12-/m0/s1. The van der Waals surface area contributed by atoms with Gasteiger partial charge in [-0.2, -0.15) is 0 Å². The lowest BCUT2D eigenvalue weighted by atomic mass is 9.78. The van der Waals surface area contributed by atoms with Gasteiger partial charge < -0.3 is 36.8 Å². The van der Waals surface area contributed by atoms with Crippen LogP contribution in [0.15, 0.2) is 0 Å². The summed E-state index contributed by atoms with van der Waals surface area (Å²) in [5.74, 6) is -2.92.